The number of carbonyl (C=O) groups is 3. The summed E-state index contributed by atoms with van der Waals surface area (Å²) in [6.07, 6.45) is 0.633. The monoisotopic (exact) mass is 411 g/mol. The summed E-state index contributed by atoms with van der Waals surface area (Å²) in [6.45, 7) is 1.73. The van der Waals surface area contributed by atoms with E-state index in [4.69, 9.17) is 9.47 Å². The van der Waals surface area contributed by atoms with Gasteiger partial charge in [-0.3, -0.25) is 19.3 Å². The summed E-state index contributed by atoms with van der Waals surface area (Å²) in [4.78, 5) is 37.5. The lowest BCUT2D eigenvalue weighted by Crippen LogP contribution is -2.36. The fourth-order valence-electron chi connectivity index (χ4n) is 3.36. The van der Waals surface area contributed by atoms with E-state index in [2.05, 4.69) is 10.6 Å². The number of anilines is 2. The quantitative estimate of drug-likeness (QED) is 0.648. The molecule has 1 aliphatic heterocycles. The molecule has 0 aromatic heterocycles. The van der Waals surface area contributed by atoms with Gasteiger partial charge in [-0.2, -0.15) is 0 Å². The molecule has 2 aromatic rings. The standard InChI is InChI=1S/C22H25N3O5/c1-14(26)23-16-5-7-17(8-6-16)24-18-13-21(27)25(22(18)28)11-10-15-4-9-19(29-2)20(12-15)30-3/h4-9,12,18,24H,10-11,13H2,1-3H3,(H,23,26)/t18-/m0/s1. The van der Waals surface area contributed by atoms with Crippen LogP contribution in [0.1, 0.15) is 18.9 Å². The highest BCUT2D eigenvalue weighted by Gasteiger charge is 2.38. The molecule has 3 rings (SSSR count). The maximum atomic E-state index is 12.7. The van der Waals surface area contributed by atoms with Crippen molar-refractivity contribution in [2.24, 2.45) is 0 Å². The van der Waals surface area contributed by atoms with E-state index in [1.807, 2.05) is 12.1 Å². The van der Waals surface area contributed by atoms with Crippen molar-refractivity contribution in [2.75, 3.05) is 31.4 Å². The number of nitrogens with zero attached hydrogens (tertiary/aromatic N) is 1. The number of methoxy groups -OCH3 is 2. The van der Waals surface area contributed by atoms with Crippen LogP contribution in [0.5, 0.6) is 11.5 Å². The molecule has 0 spiro atoms. The molecule has 0 unspecified atom stereocenters. The maximum Gasteiger partial charge on any atom is 0.252 e. The number of hydrogen-bond acceptors (Lipinski definition) is 6. The fourth-order valence-corrected chi connectivity index (χ4v) is 3.36. The number of benzene rings is 2. The third-order valence-corrected chi connectivity index (χ3v) is 4.86. The second-order valence-electron chi connectivity index (χ2n) is 6.98. The van der Waals surface area contributed by atoms with Gasteiger partial charge in [0, 0.05) is 24.8 Å². The first-order chi connectivity index (χ1) is 14.4. The normalized spacial score (nSPS) is 15.8. The predicted octanol–water partition coefficient (Wildman–Crippen LogP) is 2.44. The Kier molecular flexibility index (Phi) is 6.56. The number of imide groups is 1. The average molecular weight is 411 g/mol. The Bertz CT molecular complexity index is 942. The van der Waals surface area contributed by atoms with E-state index >= 15 is 0 Å². The van der Waals surface area contributed by atoms with E-state index in [0.717, 1.165) is 5.56 Å². The van der Waals surface area contributed by atoms with Crippen molar-refractivity contribution in [3.8, 4) is 11.5 Å². The Morgan fingerprint density at radius 2 is 1.70 bits per heavy atom. The van der Waals surface area contributed by atoms with Crippen LogP contribution < -0.4 is 20.1 Å². The van der Waals surface area contributed by atoms with Crippen molar-refractivity contribution in [3.05, 3.63) is 48.0 Å². The Labute approximate surface area is 175 Å². The van der Waals surface area contributed by atoms with E-state index < -0.39 is 6.04 Å². The van der Waals surface area contributed by atoms with Crippen LogP contribution in [-0.4, -0.2) is 49.4 Å². The highest BCUT2D eigenvalue weighted by atomic mass is 16.5. The molecule has 1 aliphatic rings. The Hall–Kier alpha value is -3.55. The van der Waals surface area contributed by atoms with E-state index in [9.17, 15) is 14.4 Å². The minimum absolute atomic E-state index is 0.109. The minimum atomic E-state index is -0.602. The molecule has 2 N–H and O–H groups in total. The predicted molar refractivity (Wildman–Crippen MR) is 113 cm³/mol. The molecule has 8 nitrogen and oxygen atoms in total. The molecule has 0 radical (unpaired) electrons. The average Bonchev–Trinajstić information content (AvgIpc) is 2.99. The number of likely N-dealkylation sites (tertiary alicyclic amines) is 1. The summed E-state index contributed by atoms with van der Waals surface area (Å²) < 4.78 is 10.5. The number of rotatable bonds is 8. The number of carbonyl (C=O) groups excluding carboxylic acids is 3. The van der Waals surface area contributed by atoms with Crippen LogP contribution in [0, 0.1) is 0 Å². The number of ether oxygens (including phenoxy) is 2. The first-order valence-electron chi connectivity index (χ1n) is 9.60. The lowest BCUT2D eigenvalue weighted by atomic mass is 10.1. The Morgan fingerprint density at radius 3 is 2.33 bits per heavy atom. The molecule has 2 aromatic carbocycles. The zero-order valence-electron chi connectivity index (χ0n) is 17.2. The molecule has 1 fully saturated rings. The molecular formula is C22H25N3O5. The van der Waals surface area contributed by atoms with Crippen molar-refractivity contribution in [1.29, 1.82) is 0 Å². The maximum absolute atomic E-state index is 12.7. The molecule has 8 heteroatoms. The van der Waals surface area contributed by atoms with Gasteiger partial charge in [0.15, 0.2) is 11.5 Å². The first kappa shape index (κ1) is 21.2. The van der Waals surface area contributed by atoms with Crippen LogP contribution in [0.2, 0.25) is 0 Å². The van der Waals surface area contributed by atoms with Crippen LogP contribution in [-0.2, 0) is 20.8 Å². The number of nitrogens with one attached hydrogen (secondary N) is 2. The van der Waals surface area contributed by atoms with Gasteiger partial charge in [-0.15, -0.1) is 0 Å². The van der Waals surface area contributed by atoms with Gasteiger partial charge in [0.05, 0.1) is 20.6 Å². The summed E-state index contributed by atoms with van der Waals surface area (Å²) in [7, 11) is 3.13. The number of amides is 3. The highest BCUT2D eigenvalue weighted by molar-refractivity contribution is 6.06. The lowest BCUT2D eigenvalue weighted by molar-refractivity contribution is -0.138. The molecule has 0 aliphatic carbocycles. The van der Waals surface area contributed by atoms with Crippen molar-refractivity contribution in [3.63, 3.8) is 0 Å². The van der Waals surface area contributed by atoms with Crippen LogP contribution >= 0.6 is 0 Å². The largest absolute Gasteiger partial charge is 0.493 e. The van der Waals surface area contributed by atoms with Gasteiger partial charge >= 0.3 is 0 Å². The zero-order chi connectivity index (χ0) is 21.7. The second kappa shape index (κ2) is 9.30. The van der Waals surface area contributed by atoms with Gasteiger partial charge in [-0.25, -0.2) is 0 Å². The second-order valence-corrected chi connectivity index (χ2v) is 6.98. The van der Waals surface area contributed by atoms with E-state index in [1.54, 1.807) is 44.6 Å². The highest BCUT2D eigenvalue weighted by Crippen LogP contribution is 2.28. The Morgan fingerprint density at radius 1 is 1.03 bits per heavy atom. The molecule has 0 saturated carbocycles. The van der Waals surface area contributed by atoms with Gasteiger partial charge in [0.2, 0.25) is 11.8 Å². The summed E-state index contributed by atoms with van der Waals surface area (Å²) in [5.74, 6) is 0.636. The van der Waals surface area contributed by atoms with Crippen LogP contribution in [0.4, 0.5) is 11.4 Å². The summed E-state index contributed by atoms with van der Waals surface area (Å²) in [5, 5.41) is 5.79. The van der Waals surface area contributed by atoms with Gasteiger partial charge in [0.25, 0.3) is 5.91 Å². The van der Waals surface area contributed by atoms with Crippen molar-refractivity contribution >= 4 is 29.1 Å². The molecule has 1 saturated heterocycles. The molecular weight excluding hydrogens is 386 g/mol. The topological polar surface area (TPSA) is 97.0 Å². The van der Waals surface area contributed by atoms with Crippen molar-refractivity contribution in [2.45, 2.75) is 25.8 Å². The van der Waals surface area contributed by atoms with E-state index in [1.165, 1.54) is 11.8 Å². The first-order valence-corrected chi connectivity index (χ1v) is 9.60. The van der Waals surface area contributed by atoms with Gasteiger partial charge < -0.3 is 20.1 Å². The Balaban J connectivity index is 1.60. The molecule has 3 amide bonds. The van der Waals surface area contributed by atoms with Crippen molar-refractivity contribution in [1.82, 2.24) is 4.90 Å². The van der Waals surface area contributed by atoms with Crippen LogP contribution in [0.3, 0.4) is 0 Å². The van der Waals surface area contributed by atoms with Crippen molar-refractivity contribution < 1.29 is 23.9 Å². The molecule has 1 heterocycles. The summed E-state index contributed by atoms with van der Waals surface area (Å²) in [5.41, 5.74) is 2.31. The minimum Gasteiger partial charge on any atom is -0.493 e. The fraction of sp³-hybridized carbons (Fsp3) is 0.318. The van der Waals surface area contributed by atoms with Crippen LogP contribution in [0.15, 0.2) is 42.5 Å². The van der Waals surface area contributed by atoms with Gasteiger partial charge in [-0.1, -0.05) is 6.07 Å². The van der Waals surface area contributed by atoms with Gasteiger partial charge in [0.1, 0.15) is 6.04 Å². The third-order valence-electron chi connectivity index (χ3n) is 4.86. The summed E-state index contributed by atoms with van der Waals surface area (Å²) >= 11 is 0. The smallest absolute Gasteiger partial charge is 0.252 e. The number of hydrogen-bond donors (Lipinski definition) is 2. The molecule has 30 heavy (non-hydrogen) atoms. The zero-order valence-corrected chi connectivity index (χ0v) is 17.2. The molecule has 158 valence electrons. The summed E-state index contributed by atoms with van der Waals surface area (Å²) in [6, 6.07) is 11.9. The lowest BCUT2D eigenvalue weighted by Gasteiger charge is -2.17. The van der Waals surface area contributed by atoms with E-state index in [-0.39, 0.29) is 24.1 Å². The van der Waals surface area contributed by atoms with E-state index in [0.29, 0.717) is 35.8 Å². The van der Waals surface area contributed by atoms with Gasteiger partial charge in [-0.05, 0) is 48.4 Å². The molecule has 1 atom stereocenters. The van der Waals surface area contributed by atoms with Crippen LogP contribution in [0.25, 0.3) is 0 Å². The SMILES string of the molecule is COc1ccc(CCN2C(=O)C[C@H](Nc3ccc(NC(C)=O)cc3)C2=O)cc1OC. The molecule has 0 bridgehead atoms. The third kappa shape index (κ3) is 4.89.